The van der Waals surface area contributed by atoms with E-state index in [-0.39, 0.29) is 28.7 Å². The molecule has 0 fully saturated rings. The van der Waals surface area contributed by atoms with Crippen LogP contribution in [0.5, 0.6) is 0 Å². The highest BCUT2D eigenvalue weighted by molar-refractivity contribution is 7.89. The Hall–Kier alpha value is -4.24. The number of rotatable bonds is 9. The quantitative estimate of drug-likeness (QED) is 0.295. The molecular weight excluding hydrogens is 542 g/mol. The lowest BCUT2D eigenvalue weighted by Crippen LogP contribution is -2.45. The van der Waals surface area contributed by atoms with Crippen LogP contribution in [-0.2, 0) is 26.1 Å². The van der Waals surface area contributed by atoms with Crippen molar-refractivity contribution >= 4 is 27.7 Å². The van der Waals surface area contributed by atoms with E-state index in [1.807, 2.05) is 0 Å². The number of nitrogens with one attached hydrogen (secondary N) is 1. The summed E-state index contributed by atoms with van der Waals surface area (Å²) in [5, 5.41) is 19.5. The Bertz CT molecular complexity index is 1500. The normalized spacial score (nSPS) is 12.7. The maximum Gasteiger partial charge on any atom is 0.417 e. The van der Waals surface area contributed by atoms with Gasteiger partial charge in [0.15, 0.2) is 0 Å². The fraction of sp³-hybridized carbons (Fsp3) is 0.400. The molecule has 2 aromatic heterocycles. The maximum absolute atomic E-state index is 13.9. The predicted molar refractivity (Wildman–Crippen MR) is 143 cm³/mol. The minimum atomic E-state index is -3.62. The van der Waals surface area contributed by atoms with Gasteiger partial charge < -0.3 is 4.74 Å². The number of ether oxygens (including phenoxy) is 1. The molecule has 3 rings (SSSR count). The Kier molecular flexibility index (Phi) is 9.00. The van der Waals surface area contributed by atoms with E-state index in [9.17, 15) is 28.1 Å². The van der Waals surface area contributed by atoms with Crippen LogP contribution in [0.15, 0.2) is 53.7 Å². The Labute approximate surface area is 231 Å². The van der Waals surface area contributed by atoms with Gasteiger partial charge in [-0.25, -0.2) is 27.5 Å². The van der Waals surface area contributed by atoms with E-state index >= 15 is 0 Å². The zero-order valence-electron chi connectivity index (χ0n) is 22.9. The summed E-state index contributed by atoms with van der Waals surface area (Å²) in [7, 11) is -2.31. The minimum Gasteiger partial charge on any atom is -0.443 e. The number of amides is 2. The average molecular weight is 574 g/mol. The molecule has 0 aliphatic carbocycles. The second-order valence-corrected chi connectivity index (χ2v) is 12.1. The number of nitro groups is 1. The second kappa shape index (κ2) is 11.9. The summed E-state index contributed by atoms with van der Waals surface area (Å²) in [6, 6.07) is 7.34. The molecule has 1 N–H and O–H groups in total. The molecule has 0 bridgehead atoms. The number of carbonyl (C=O) groups is 2. The highest BCUT2D eigenvalue weighted by atomic mass is 32.2. The molecule has 40 heavy (non-hydrogen) atoms. The van der Waals surface area contributed by atoms with Crippen LogP contribution >= 0.6 is 0 Å². The Balaban J connectivity index is 1.97. The van der Waals surface area contributed by atoms with Crippen molar-refractivity contribution in [2.75, 3.05) is 7.05 Å². The van der Waals surface area contributed by atoms with Crippen molar-refractivity contribution in [1.29, 1.82) is 0 Å². The van der Waals surface area contributed by atoms with Crippen molar-refractivity contribution in [2.45, 2.75) is 57.7 Å². The predicted octanol–water partition coefficient (Wildman–Crippen LogP) is 3.32. The van der Waals surface area contributed by atoms with E-state index in [2.05, 4.69) is 20.0 Å². The van der Waals surface area contributed by atoms with E-state index in [0.29, 0.717) is 11.3 Å². The van der Waals surface area contributed by atoms with Crippen LogP contribution in [0.3, 0.4) is 0 Å². The lowest BCUT2D eigenvalue weighted by molar-refractivity contribution is -0.385. The molecule has 15 heteroatoms. The third kappa shape index (κ3) is 7.24. The van der Waals surface area contributed by atoms with Crippen molar-refractivity contribution in [1.82, 2.24) is 29.6 Å². The van der Waals surface area contributed by atoms with Crippen LogP contribution in [0.2, 0.25) is 0 Å². The largest absolute Gasteiger partial charge is 0.443 e. The first-order chi connectivity index (χ1) is 18.6. The first kappa shape index (κ1) is 30.3. The van der Waals surface area contributed by atoms with Crippen LogP contribution in [0.1, 0.15) is 46.4 Å². The standard InChI is InChI=1S/C25H31N7O7S/c1-16(2)22(31-15-21(28-29-31)17-7-9-20(10-8-17)40(37,38)26-6)23(33)30(24(34)39-25(3,4)5)14-18-13-19(32(35)36)11-12-27-18/h7-13,15-16,22,26H,14H2,1-6H3/t22-/m1/s1. The number of carbonyl (C=O) groups excluding carboxylic acids is 2. The van der Waals surface area contributed by atoms with E-state index in [1.165, 1.54) is 48.4 Å². The van der Waals surface area contributed by atoms with Gasteiger partial charge in [0.25, 0.3) is 11.6 Å². The first-order valence-corrected chi connectivity index (χ1v) is 13.7. The van der Waals surface area contributed by atoms with Gasteiger partial charge in [-0.3, -0.25) is 19.9 Å². The second-order valence-electron chi connectivity index (χ2n) is 10.2. The monoisotopic (exact) mass is 573 g/mol. The first-order valence-electron chi connectivity index (χ1n) is 12.2. The molecule has 1 aromatic carbocycles. The van der Waals surface area contributed by atoms with Gasteiger partial charge in [-0.05, 0) is 45.9 Å². The lowest BCUT2D eigenvalue weighted by Gasteiger charge is -2.29. The minimum absolute atomic E-state index is 0.0733. The van der Waals surface area contributed by atoms with Crippen LogP contribution < -0.4 is 4.72 Å². The number of aromatic nitrogens is 4. The van der Waals surface area contributed by atoms with Gasteiger partial charge in [0.05, 0.1) is 28.3 Å². The van der Waals surface area contributed by atoms with Crippen molar-refractivity contribution < 1.29 is 27.7 Å². The number of hydrogen-bond donors (Lipinski definition) is 1. The number of sulfonamides is 1. The molecular formula is C25H31N7O7S. The highest BCUT2D eigenvalue weighted by Gasteiger charge is 2.36. The van der Waals surface area contributed by atoms with Gasteiger partial charge >= 0.3 is 6.09 Å². The third-order valence-electron chi connectivity index (χ3n) is 5.62. The summed E-state index contributed by atoms with van der Waals surface area (Å²) in [6.45, 7) is 8.10. The molecule has 14 nitrogen and oxygen atoms in total. The fourth-order valence-corrected chi connectivity index (χ4v) is 4.44. The number of imide groups is 1. The van der Waals surface area contributed by atoms with E-state index < -0.39 is 38.6 Å². The summed E-state index contributed by atoms with van der Waals surface area (Å²) in [5.74, 6) is -1.04. The highest BCUT2D eigenvalue weighted by Crippen LogP contribution is 2.26. The Morgan fingerprint density at radius 1 is 1.18 bits per heavy atom. The summed E-state index contributed by atoms with van der Waals surface area (Å²) in [5.41, 5.74) is -0.118. The van der Waals surface area contributed by atoms with Gasteiger partial charge in [0.2, 0.25) is 10.0 Å². The van der Waals surface area contributed by atoms with E-state index in [1.54, 1.807) is 46.8 Å². The molecule has 0 radical (unpaired) electrons. The van der Waals surface area contributed by atoms with Crippen molar-refractivity contribution in [3.05, 3.63) is 64.6 Å². The van der Waals surface area contributed by atoms with Gasteiger partial charge in [0.1, 0.15) is 17.3 Å². The molecule has 1 atom stereocenters. The van der Waals surface area contributed by atoms with Gasteiger partial charge in [-0.2, -0.15) is 0 Å². The zero-order valence-corrected chi connectivity index (χ0v) is 23.7. The van der Waals surface area contributed by atoms with Crippen LogP contribution in [-0.4, -0.2) is 62.9 Å². The number of hydrogen-bond acceptors (Lipinski definition) is 10. The van der Waals surface area contributed by atoms with E-state index in [4.69, 9.17) is 4.74 Å². The van der Waals surface area contributed by atoms with Gasteiger partial charge in [-0.15, -0.1) is 5.10 Å². The lowest BCUT2D eigenvalue weighted by atomic mass is 10.0. The van der Waals surface area contributed by atoms with Crippen molar-refractivity contribution in [2.24, 2.45) is 5.92 Å². The van der Waals surface area contributed by atoms with Crippen molar-refractivity contribution in [3.63, 3.8) is 0 Å². The number of nitrogens with zero attached hydrogens (tertiary/aromatic N) is 6. The van der Waals surface area contributed by atoms with Crippen LogP contribution in [0.25, 0.3) is 11.3 Å². The summed E-state index contributed by atoms with van der Waals surface area (Å²) >= 11 is 0. The molecule has 0 aliphatic rings. The van der Waals surface area contributed by atoms with Gasteiger partial charge in [-0.1, -0.05) is 31.2 Å². The molecule has 214 valence electrons. The van der Waals surface area contributed by atoms with E-state index in [0.717, 1.165) is 4.90 Å². The van der Waals surface area contributed by atoms with Gasteiger partial charge in [0, 0.05) is 23.9 Å². The molecule has 0 saturated heterocycles. The van der Waals surface area contributed by atoms with Crippen LogP contribution in [0.4, 0.5) is 10.5 Å². The fourth-order valence-electron chi connectivity index (χ4n) is 3.71. The molecule has 2 amide bonds. The molecule has 0 aliphatic heterocycles. The molecule has 0 saturated carbocycles. The molecule has 3 aromatic rings. The van der Waals surface area contributed by atoms with Crippen LogP contribution in [0, 0.1) is 16.0 Å². The smallest absolute Gasteiger partial charge is 0.417 e. The Morgan fingerprint density at radius 3 is 2.38 bits per heavy atom. The zero-order chi connectivity index (χ0) is 29.8. The molecule has 2 heterocycles. The molecule has 0 spiro atoms. The third-order valence-corrected chi connectivity index (χ3v) is 7.05. The Morgan fingerprint density at radius 2 is 1.82 bits per heavy atom. The summed E-state index contributed by atoms with van der Waals surface area (Å²) in [6.07, 6.45) is 1.79. The number of pyridine rings is 1. The van der Waals surface area contributed by atoms with Crippen molar-refractivity contribution in [3.8, 4) is 11.3 Å². The maximum atomic E-state index is 13.9. The SMILES string of the molecule is CNS(=O)(=O)c1ccc(-c2cn([C@@H](C(=O)N(Cc3cc([N+](=O)[O-])ccn3)C(=O)OC(C)(C)C)C(C)C)nn2)cc1. The number of benzene rings is 1. The summed E-state index contributed by atoms with van der Waals surface area (Å²) < 4.78 is 33.1. The topological polar surface area (TPSA) is 180 Å². The summed E-state index contributed by atoms with van der Waals surface area (Å²) in [4.78, 5) is 42.7. The average Bonchev–Trinajstić information content (AvgIpc) is 3.35. The molecule has 0 unspecified atom stereocenters.